The van der Waals surface area contributed by atoms with Crippen molar-refractivity contribution in [3.05, 3.63) is 34.3 Å². The first-order valence-electron chi connectivity index (χ1n) is 5.53. The molecule has 0 saturated carbocycles. The van der Waals surface area contributed by atoms with Crippen LogP contribution < -0.4 is 0 Å². The summed E-state index contributed by atoms with van der Waals surface area (Å²) in [6.07, 6.45) is -9.73. The van der Waals surface area contributed by atoms with Crippen LogP contribution in [0, 0.1) is 0 Å². The van der Waals surface area contributed by atoms with Gasteiger partial charge in [0, 0.05) is 18.0 Å². The molecule has 0 radical (unpaired) electrons. The number of benzene rings is 1. The van der Waals surface area contributed by atoms with Crippen LogP contribution in [0.5, 0.6) is 0 Å². The zero-order valence-corrected chi connectivity index (χ0v) is 12.1. The van der Waals surface area contributed by atoms with E-state index < -0.39 is 30.5 Å². The molecule has 0 saturated heterocycles. The Kier molecular flexibility index (Phi) is 5.31. The maximum Gasteiger partial charge on any atom is 0.459 e. The van der Waals surface area contributed by atoms with Crippen LogP contribution in [-0.4, -0.2) is 25.1 Å². The molecule has 0 N–H and O–H groups in total. The van der Waals surface area contributed by atoms with Gasteiger partial charge in [-0.05, 0) is 17.7 Å². The minimum atomic E-state index is -6.34. The number of rotatable bonds is 5. The standard InChI is InChI=1S/C12H10BrF7O/c1-21-9(7-2-4-8(13)5-3-7)6-10(14,15)11(16,17)12(18,19)20/h2-5,9H,6H2,1H3. The average Bonchev–Trinajstić information content (AvgIpc) is 2.35. The highest BCUT2D eigenvalue weighted by molar-refractivity contribution is 9.10. The summed E-state index contributed by atoms with van der Waals surface area (Å²) < 4.78 is 93.8. The fourth-order valence-corrected chi connectivity index (χ4v) is 1.85. The Balaban J connectivity index is 3.02. The van der Waals surface area contributed by atoms with Gasteiger partial charge >= 0.3 is 18.0 Å². The molecular weight excluding hydrogens is 373 g/mol. The lowest BCUT2D eigenvalue weighted by molar-refractivity contribution is -0.358. The molecule has 0 aliphatic carbocycles. The van der Waals surface area contributed by atoms with E-state index in [2.05, 4.69) is 20.7 Å². The van der Waals surface area contributed by atoms with Crippen molar-refractivity contribution in [2.45, 2.75) is 30.5 Å². The van der Waals surface area contributed by atoms with Crippen molar-refractivity contribution >= 4 is 15.9 Å². The monoisotopic (exact) mass is 382 g/mol. The van der Waals surface area contributed by atoms with E-state index >= 15 is 0 Å². The van der Waals surface area contributed by atoms with Gasteiger partial charge in [0.15, 0.2) is 0 Å². The molecule has 0 aliphatic rings. The minimum absolute atomic E-state index is 0.0679. The Morgan fingerprint density at radius 3 is 1.86 bits per heavy atom. The molecule has 1 nitrogen and oxygen atoms in total. The van der Waals surface area contributed by atoms with Gasteiger partial charge in [-0.15, -0.1) is 0 Å². The van der Waals surface area contributed by atoms with Crippen LogP contribution in [0.1, 0.15) is 18.1 Å². The molecule has 0 aliphatic heterocycles. The Bertz CT molecular complexity index is 469. The normalized spacial score (nSPS) is 15.1. The lowest BCUT2D eigenvalue weighted by Gasteiger charge is -2.30. The third-order valence-corrected chi connectivity index (χ3v) is 3.31. The molecule has 21 heavy (non-hydrogen) atoms. The Labute approximate surface area is 124 Å². The number of alkyl halides is 7. The summed E-state index contributed by atoms with van der Waals surface area (Å²) in [4.78, 5) is 0. The Morgan fingerprint density at radius 2 is 1.48 bits per heavy atom. The maximum absolute atomic E-state index is 13.3. The van der Waals surface area contributed by atoms with E-state index in [0.717, 1.165) is 7.11 Å². The minimum Gasteiger partial charge on any atom is -0.377 e. The molecule has 120 valence electrons. The van der Waals surface area contributed by atoms with Crippen LogP contribution >= 0.6 is 15.9 Å². The largest absolute Gasteiger partial charge is 0.459 e. The van der Waals surface area contributed by atoms with Gasteiger partial charge < -0.3 is 4.74 Å². The van der Waals surface area contributed by atoms with Crippen LogP contribution in [0.2, 0.25) is 0 Å². The molecule has 9 heteroatoms. The van der Waals surface area contributed by atoms with Crippen molar-refractivity contribution < 1.29 is 35.5 Å². The first-order valence-corrected chi connectivity index (χ1v) is 6.32. The molecule has 0 bridgehead atoms. The van der Waals surface area contributed by atoms with Gasteiger partial charge in [0.25, 0.3) is 0 Å². The molecule has 1 aromatic carbocycles. The van der Waals surface area contributed by atoms with E-state index in [0.29, 0.717) is 4.47 Å². The second kappa shape index (κ2) is 6.12. The highest BCUT2D eigenvalue weighted by Gasteiger charge is 2.73. The zero-order chi connectivity index (χ0) is 16.5. The van der Waals surface area contributed by atoms with Crippen molar-refractivity contribution in [2.75, 3.05) is 7.11 Å². The Morgan fingerprint density at radius 1 is 1.00 bits per heavy atom. The first kappa shape index (κ1) is 18.2. The van der Waals surface area contributed by atoms with Gasteiger partial charge in [0.05, 0.1) is 6.10 Å². The topological polar surface area (TPSA) is 9.23 Å². The van der Waals surface area contributed by atoms with E-state index in [1.54, 1.807) is 0 Å². The molecule has 1 rings (SSSR count). The lowest BCUT2D eigenvalue weighted by Crippen LogP contribution is -2.52. The quantitative estimate of drug-likeness (QED) is 0.623. The third kappa shape index (κ3) is 3.88. The van der Waals surface area contributed by atoms with E-state index in [-0.39, 0.29) is 5.56 Å². The van der Waals surface area contributed by atoms with Crippen molar-refractivity contribution in [1.82, 2.24) is 0 Å². The zero-order valence-electron chi connectivity index (χ0n) is 10.5. The summed E-state index contributed by atoms with van der Waals surface area (Å²) in [5.74, 6) is -11.4. The van der Waals surface area contributed by atoms with Gasteiger partial charge in [-0.3, -0.25) is 0 Å². The molecule has 0 fully saturated rings. The van der Waals surface area contributed by atoms with E-state index in [1.165, 1.54) is 24.3 Å². The molecule has 1 aromatic rings. The highest BCUT2D eigenvalue weighted by atomic mass is 79.9. The van der Waals surface area contributed by atoms with Crippen molar-refractivity contribution in [3.8, 4) is 0 Å². The van der Waals surface area contributed by atoms with Gasteiger partial charge in [0.2, 0.25) is 0 Å². The SMILES string of the molecule is COC(CC(F)(F)C(F)(F)C(F)(F)F)c1ccc(Br)cc1. The second-order valence-electron chi connectivity index (χ2n) is 4.26. The molecule has 0 spiro atoms. The summed E-state index contributed by atoms with van der Waals surface area (Å²) >= 11 is 3.08. The van der Waals surface area contributed by atoms with Gasteiger partial charge in [0.1, 0.15) is 0 Å². The average molecular weight is 383 g/mol. The number of hydrogen-bond acceptors (Lipinski definition) is 1. The molecule has 1 atom stereocenters. The number of ether oxygens (including phenoxy) is 1. The van der Waals surface area contributed by atoms with Crippen LogP contribution in [0.3, 0.4) is 0 Å². The van der Waals surface area contributed by atoms with E-state index in [1.807, 2.05) is 0 Å². The molecule has 1 unspecified atom stereocenters. The maximum atomic E-state index is 13.3. The van der Waals surface area contributed by atoms with Gasteiger partial charge in [-0.2, -0.15) is 30.7 Å². The molecule has 0 amide bonds. The van der Waals surface area contributed by atoms with Crippen LogP contribution in [0.15, 0.2) is 28.7 Å². The Hall–Kier alpha value is -0.830. The molecule has 0 heterocycles. The van der Waals surface area contributed by atoms with Crippen molar-refractivity contribution in [1.29, 1.82) is 0 Å². The van der Waals surface area contributed by atoms with Gasteiger partial charge in [-0.1, -0.05) is 28.1 Å². The van der Waals surface area contributed by atoms with Gasteiger partial charge in [-0.25, -0.2) is 0 Å². The summed E-state index contributed by atoms with van der Waals surface area (Å²) in [5.41, 5.74) is 0.0679. The molecule has 0 aromatic heterocycles. The van der Waals surface area contributed by atoms with Crippen molar-refractivity contribution in [2.24, 2.45) is 0 Å². The summed E-state index contributed by atoms with van der Waals surface area (Å²) in [6, 6.07) is 5.45. The number of hydrogen-bond donors (Lipinski definition) is 0. The smallest absolute Gasteiger partial charge is 0.377 e. The highest BCUT2D eigenvalue weighted by Crippen LogP contribution is 2.50. The summed E-state index contributed by atoms with van der Waals surface area (Å²) in [6.45, 7) is 0. The van der Waals surface area contributed by atoms with E-state index in [4.69, 9.17) is 0 Å². The fourth-order valence-electron chi connectivity index (χ4n) is 1.58. The number of methoxy groups -OCH3 is 1. The summed E-state index contributed by atoms with van der Waals surface area (Å²) in [5, 5.41) is 0. The predicted octanol–water partition coefficient (Wildman–Crippen LogP) is 5.36. The first-order chi connectivity index (χ1) is 9.42. The van der Waals surface area contributed by atoms with Crippen LogP contribution in [0.25, 0.3) is 0 Å². The van der Waals surface area contributed by atoms with Crippen molar-refractivity contribution in [3.63, 3.8) is 0 Å². The molecular formula is C12H10BrF7O. The third-order valence-electron chi connectivity index (χ3n) is 2.78. The van der Waals surface area contributed by atoms with E-state index in [9.17, 15) is 30.7 Å². The predicted molar refractivity (Wildman–Crippen MR) is 64.5 cm³/mol. The van der Waals surface area contributed by atoms with Crippen LogP contribution in [0.4, 0.5) is 30.7 Å². The summed E-state index contributed by atoms with van der Waals surface area (Å²) in [7, 11) is 0.953. The second-order valence-corrected chi connectivity index (χ2v) is 5.17. The number of halogens is 8. The lowest BCUT2D eigenvalue weighted by atomic mass is 9.98. The van der Waals surface area contributed by atoms with Crippen LogP contribution in [-0.2, 0) is 4.74 Å². The fraction of sp³-hybridized carbons (Fsp3) is 0.500.